The predicted octanol–water partition coefficient (Wildman–Crippen LogP) is 3.76. The minimum atomic E-state index is -1.56. The molecule has 148 valence electrons. The molecule has 1 aromatic heterocycles. The van der Waals surface area contributed by atoms with Gasteiger partial charge in [0.1, 0.15) is 46.6 Å². The maximum atomic E-state index is 14.5. The van der Waals surface area contributed by atoms with Crippen LogP contribution in [0.3, 0.4) is 0 Å². The van der Waals surface area contributed by atoms with Crippen LogP contribution in [0.4, 0.5) is 13.2 Å². The van der Waals surface area contributed by atoms with Gasteiger partial charge in [-0.15, -0.1) is 0 Å². The van der Waals surface area contributed by atoms with Crippen LogP contribution in [0.25, 0.3) is 5.70 Å². The molecular weight excluding hydrogens is 397 g/mol. The van der Waals surface area contributed by atoms with E-state index in [0.717, 1.165) is 16.7 Å². The number of nitrogens with two attached hydrogens (primary N) is 1. The van der Waals surface area contributed by atoms with Gasteiger partial charge in [0, 0.05) is 36.0 Å². The van der Waals surface area contributed by atoms with Crippen LogP contribution in [-0.2, 0) is 11.3 Å². The number of aromatic nitrogens is 1. The van der Waals surface area contributed by atoms with Crippen LogP contribution in [0.2, 0.25) is 5.02 Å². The average Bonchev–Trinajstić information content (AvgIpc) is 2.64. The SMILES string of the molecule is COC1=C(n2ccc(OCc3ccc(F)cc3F)c(Cl)c2=O)C(F)CC(N)=C1. The molecule has 0 radical (unpaired) electrons. The van der Waals surface area contributed by atoms with E-state index in [1.165, 1.54) is 31.5 Å². The average molecular weight is 413 g/mol. The van der Waals surface area contributed by atoms with E-state index in [-0.39, 0.29) is 46.5 Å². The highest BCUT2D eigenvalue weighted by molar-refractivity contribution is 6.31. The van der Waals surface area contributed by atoms with Crippen molar-refractivity contribution in [3.8, 4) is 5.75 Å². The lowest BCUT2D eigenvalue weighted by Gasteiger charge is -2.22. The fourth-order valence-electron chi connectivity index (χ4n) is 2.78. The molecule has 0 amide bonds. The second kappa shape index (κ2) is 8.02. The van der Waals surface area contributed by atoms with Crippen LogP contribution in [0.15, 0.2) is 52.8 Å². The van der Waals surface area contributed by atoms with E-state index >= 15 is 0 Å². The number of hydrogen-bond acceptors (Lipinski definition) is 4. The normalized spacial score (nSPS) is 16.8. The number of ether oxygens (including phenoxy) is 2. The highest BCUT2D eigenvalue weighted by atomic mass is 35.5. The van der Waals surface area contributed by atoms with E-state index in [9.17, 15) is 18.0 Å². The first kappa shape index (κ1) is 19.9. The highest BCUT2D eigenvalue weighted by Gasteiger charge is 2.27. The standard InChI is InChI=1S/C19H16ClF3N2O3/c1-27-16-8-12(24)7-14(23)18(16)25-5-4-15(17(20)19(25)26)28-9-10-2-3-11(21)6-13(10)22/h2-6,8,14H,7,9,24H2,1H3. The molecule has 1 heterocycles. The van der Waals surface area contributed by atoms with Gasteiger partial charge in [0.15, 0.2) is 0 Å². The Hall–Kier alpha value is -2.87. The topological polar surface area (TPSA) is 66.5 Å². The van der Waals surface area contributed by atoms with Gasteiger partial charge in [-0.1, -0.05) is 11.6 Å². The van der Waals surface area contributed by atoms with Crippen molar-refractivity contribution < 1.29 is 22.6 Å². The fourth-order valence-corrected chi connectivity index (χ4v) is 2.99. The van der Waals surface area contributed by atoms with Gasteiger partial charge < -0.3 is 15.2 Å². The van der Waals surface area contributed by atoms with Crippen LogP contribution in [0.1, 0.15) is 12.0 Å². The van der Waals surface area contributed by atoms with Gasteiger partial charge >= 0.3 is 0 Å². The van der Waals surface area contributed by atoms with Gasteiger partial charge in [-0.25, -0.2) is 13.2 Å². The highest BCUT2D eigenvalue weighted by Crippen LogP contribution is 2.30. The van der Waals surface area contributed by atoms with Gasteiger partial charge in [-0.3, -0.25) is 9.36 Å². The van der Waals surface area contributed by atoms with E-state index in [0.29, 0.717) is 0 Å². The molecule has 3 rings (SSSR count). The second-order valence-corrected chi connectivity index (χ2v) is 6.42. The molecule has 1 atom stereocenters. The van der Waals surface area contributed by atoms with Crippen molar-refractivity contribution >= 4 is 17.3 Å². The third-order valence-electron chi connectivity index (χ3n) is 4.16. The zero-order valence-electron chi connectivity index (χ0n) is 14.7. The van der Waals surface area contributed by atoms with E-state index in [4.69, 9.17) is 26.8 Å². The van der Waals surface area contributed by atoms with Gasteiger partial charge in [-0.05, 0) is 18.2 Å². The number of halogens is 4. The molecule has 0 aliphatic heterocycles. The number of benzene rings is 1. The maximum Gasteiger partial charge on any atom is 0.277 e. The summed E-state index contributed by atoms with van der Waals surface area (Å²) in [5.41, 5.74) is 5.27. The van der Waals surface area contributed by atoms with Crippen LogP contribution >= 0.6 is 11.6 Å². The van der Waals surface area contributed by atoms with E-state index in [2.05, 4.69) is 0 Å². The lowest BCUT2D eigenvalue weighted by atomic mass is 10.0. The summed E-state index contributed by atoms with van der Waals surface area (Å²) in [4.78, 5) is 12.6. The minimum absolute atomic E-state index is 0.0208. The van der Waals surface area contributed by atoms with E-state index in [1.807, 2.05) is 0 Å². The minimum Gasteiger partial charge on any atom is -0.495 e. The summed E-state index contributed by atoms with van der Waals surface area (Å²) >= 11 is 6.08. The smallest absolute Gasteiger partial charge is 0.277 e. The molecule has 1 aliphatic carbocycles. The lowest BCUT2D eigenvalue weighted by Crippen LogP contribution is -2.28. The number of methoxy groups -OCH3 is 1. The zero-order valence-corrected chi connectivity index (χ0v) is 15.5. The second-order valence-electron chi connectivity index (χ2n) is 6.04. The fraction of sp³-hybridized carbons (Fsp3) is 0.211. The quantitative estimate of drug-likeness (QED) is 0.812. The summed E-state index contributed by atoms with van der Waals surface area (Å²) in [5.74, 6) is -1.41. The predicted molar refractivity (Wildman–Crippen MR) is 98.4 cm³/mol. The van der Waals surface area contributed by atoms with Crippen LogP contribution in [0.5, 0.6) is 5.75 Å². The molecule has 2 N–H and O–H groups in total. The molecule has 0 spiro atoms. The summed E-state index contributed by atoms with van der Waals surface area (Å²) in [7, 11) is 1.33. The third-order valence-corrected chi connectivity index (χ3v) is 4.50. The third kappa shape index (κ3) is 3.87. The molecule has 5 nitrogen and oxygen atoms in total. The van der Waals surface area contributed by atoms with Gasteiger partial charge in [0.2, 0.25) is 0 Å². The zero-order chi connectivity index (χ0) is 20.4. The first-order chi connectivity index (χ1) is 13.3. The van der Waals surface area contributed by atoms with E-state index < -0.39 is 23.4 Å². The van der Waals surface area contributed by atoms with Crippen molar-refractivity contribution in [2.75, 3.05) is 7.11 Å². The number of nitrogens with zero attached hydrogens (tertiary/aromatic N) is 1. The van der Waals surface area contributed by atoms with Gasteiger partial charge in [-0.2, -0.15) is 0 Å². The molecule has 0 saturated carbocycles. The number of pyridine rings is 1. The first-order valence-corrected chi connectivity index (χ1v) is 8.56. The van der Waals surface area contributed by atoms with Crippen molar-refractivity contribution in [2.45, 2.75) is 19.2 Å². The van der Waals surface area contributed by atoms with Crippen molar-refractivity contribution in [1.29, 1.82) is 0 Å². The summed E-state index contributed by atoms with van der Waals surface area (Å²) in [6.45, 7) is -0.272. The molecule has 0 saturated heterocycles. The Morgan fingerprint density at radius 1 is 1.32 bits per heavy atom. The molecule has 0 fully saturated rings. The van der Waals surface area contributed by atoms with E-state index in [1.54, 1.807) is 0 Å². The van der Waals surface area contributed by atoms with Crippen molar-refractivity contribution in [1.82, 2.24) is 4.57 Å². The van der Waals surface area contributed by atoms with Crippen molar-refractivity contribution in [3.63, 3.8) is 0 Å². The molecule has 1 unspecified atom stereocenters. The van der Waals surface area contributed by atoms with Crippen LogP contribution in [0, 0.1) is 11.6 Å². The Bertz CT molecular complexity index is 1030. The monoisotopic (exact) mass is 412 g/mol. The number of rotatable bonds is 5. The Morgan fingerprint density at radius 2 is 2.07 bits per heavy atom. The molecular formula is C19H16ClF3N2O3. The summed E-state index contributed by atoms with van der Waals surface area (Å²) in [6, 6.07) is 4.38. The lowest BCUT2D eigenvalue weighted by molar-refractivity contribution is 0.288. The summed E-state index contributed by atoms with van der Waals surface area (Å²) in [6.07, 6.45) is 1.07. The van der Waals surface area contributed by atoms with Gasteiger partial charge in [0.05, 0.1) is 7.11 Å². The molecule has 28 heavy (non-hydrogen) atoms. The number of alkyl halides is 1. The Kier molecular flexibility index (Phi) is 5.69. The molecule has 1 aromatic carbocycles. The maximum absolute atomic E-state index is 14.5. The summed E-state index contributed by atoms with van der Waals surface area (Å²) < 4.78 is 52.7. The first-order valence-electron chi connectivity index (χ1n) is 8.18. The Balaban J connectivity index is 1.92. The molecule has 0 bridgehead atoms. The number of hydrogen-bond donors (Lipinski definition) is 1. The van der Waals surface area contributed by atoms with Crippen LogP contribution in [-0.4, -0.2) is 17.8 Å². The van der Waals surface area contributed by atoms with Crippen LogP contribution < -0.4 is 16.0 Å². The molecule has 2 aromatic rings. The molecule has 9 heteroatoms. The number of allylic oxidation sites excluding steroid dienone is 3. The largest absolute Gasteiger partial charge is 0.495 e. The van der Waals surface area contributed by atoms with Crippen molar-refractivity contribution in [3.05, 3.63) is 80.6 Å². The summed E-state index contributed by atoms with van der Waals surface area (Å²) in [5, 5.41) is -0.317. The van der Waals surface area contributed by atoms with Crippen molar-refractivity contribution in [2.24, 2.45) is 5.73 Å². The Labute approximate surface area is 163 Å². The molecule has 1 aliphatic rings. The Morgan fingerprint density at radius 3 is 2.75 bits per heavy atom. The van der Waals surface area contributed by atoms with Gasteiger partial charge in [0.25, 0.3) is 5.56 Å².